The van der Waals surface area contributed by atoms with E-state index in [-0.39, 0.29) is 0 Å². The molecule has 0 saturated heterocycles. The van der Waals surface area contributed by atoms with Crippen molar-refractivity contribution >= 4 is 34.7 Å². The molecular weight excluding hydrogens is 408 g/mol. The zero-order valence-corrected chi connectivity index (χ0v) is 18.9. The van der Waals surface area contributed by atoms with Crippen molar-refractivity contribution in [1.82, 2.24) is 20.4 Å². The first-order chi connectivity index (χ1) is 14.6. The SMILES string of the molecule is C=CCNC(=S)N(CCN(Cc1ccccc1)C(=S)NCC=C)Cc1ccccc1. The van der Waals surface area contributed by atoms with Gasteiger partial charge in [-0.15, -0.1) is 13.2 Å². The van der Waals surface area contributed by atoms with Crippen LogP contribution in [-0.4, -0.2) is 46.2 Å². The molecule has 0 aromatic heterocycles. The van der Waals surface area contributed by atoms with Crippen LogP contribution in [0.4, 0.5) is 0 Å². The Balaban J connectivity index is 2.10. The van der Waals surface area contributed by atoms with Gasteiger partial charge in [0.1, 0.15) is 0 Å². The number of thiocarbonyl (C=S) groups is 2. The maximum absolute atomic E-state index is 5.64. The predicted molar refractivity (Wildman–Crippen MR) is 135 cm³/mol. The first-order valence-electron chi connectivity index (χ1n) is 9.99. The predicted octanol–water partition coefficient (Wildman–Crippen LogP) is 4.11. The van der Waals surface area contributed by atoms with Crippen LogP contribution in [0.5, 0.6) is 0 Å². The maximum atomic E-state index is 5.64. The highest BCUT2D eigenvalue weighted by molar-refractivity contribution is 7.80. The van der Waals surface area contributed by atoms with E-state index in [0.29, 0.717) is 23.3 Å². The minimum absolute atomic E-state index is 0.636. The molecule has 0 radical (unpaired) electrons. The van der Waals surface area contributed by atoms with Gasteiger partial charge in [-0.3, -0.25) is 0 Å². The van der Waals surface area contributed by atoms with E-state index < -0.39 is 0 Å². The molecule has 0 heterocycles. The van der Waals surface area contributed by atoms with Gasteiger partial charge in [-0.25, -0.2) is 0 Å². The highest BCUT2D eigenvalue weighted by Gasteiger charge is 2.15. The van der Waals surface area contributed by atoms with Gasteiger partial charge in [-0.2, -0.15) is 0 Å². The molecule has 0 aliphatic rings. The largest absolute Gasteiger partial charge is 0.359 e. The topological polar surface area (TPSA) is 30.5 Å². The van der Waals surface area contributed by atoms with Crippen LogP contribution in [0, 0.1) is 0 Å². The van der Waals surface area contributed by atoms with Crippen molar-refractivity contribution in [3.05, 3.63) is 97.1 Å². The Labute approximate surface area is 191 Å². The Morgan fingerprint density at radius 2 is 1.07 bits per heavy atom. The second kappa shape index (κ2) is 13.5. The highest BCUT2D eigenvalue weighted by atomic mass is 32.1. The normalized spacial score (nSPS) is 10.0. The molecule has 0 unspecified atom stereocenters. The third-order valence-electron chi connectivity index (χ3n) is 4.44. The molecule has 2 N–H and O–H groups in total. The van der Waals surface area contributed by atoms with Crippen molar-refractivity contribution in [3.63, 3.8) is 0 Å². The summed E-state index contributed by atoms with van der Waals surface area (Å²) in [6.07, 6.45) is 3.62. The van der Waals surface area contributed by atoms with E-state index in [1.165, 1.54) is 11.1 Å². The zero-order valence-electron chi connectivity index (χ0n) is 17.3. The van der Waals surface area contributed by atoms with Gasteiger partial charge in [0, 0.05) is 39.3 Å². The van der Waals surface area contributed by atoms with Crippen LogP contribution in [0.15, 0.2) is 86.0 Å². The smallest absolute Gasteiger partial charge is 0.169 e. The summed E-state index contributed by atoms with van der Waals surface area (Å²) in [7, 11) is 0. The van der Waals surface area contributed by atoms with Crippen LogP contribution >= 0.6 is 24.4 Å². The molecule has 0 aliphatic carbocycles. The van der Waals surface area contributed by atoms with E-state index in [9.17, 15) is 0 Å². The van der Waals surface area contributed by atoms with Crippen molar-refractivity contribution in [3.8, 4) is 0 Å². The Kier molecular flexibility index (Phi) is 10.6. The van der Waals surface area contributed by atoms with E-state index in [1.54, 1.807) is 0 Å². The molecule has 4 nitrogen and oxygen atoms in total. The van der Waals surface area contributed by atoms with Gasteiger partial charge in [0.05, 0.1) is 0 Å². The molecular formula is C24H30N4S2. The Bertz CT molecular complexity index is 739. The van der Waals surface area contributed by atoms with Gasteiger partial charge < -0.3 is 20.4 Å². The summed E-state index contributed by atoms with van der Waals surface area (Å²) in [6, 6.07) is 20.7. The minimum atomic E-state index is 0.636. The van der Waals surface area contributed by atoms with Crippen LogP contribution in [0.25, 0.3) is 0 Å². The lowest BCUT2D eigenvalue weighted by atomic mass is 10.2. The third kappa shape index (κ3) is 8.35. The van der Waals surface area contributed by atoms with Crippen molar-refractivity contribution in [1.29, 1.82) is 0 Å². The van der Waals surface area contributed by atoms with Crippen molar-refractivity contribution in [2.75, 3.05) is 26.2 Å². The van der Waals surface area contributed by atoms with Gasteiger partial charge >= 0.3 is 0 Å². The monoisotopic (exact) mass is 438 g/mol. The molecule has 2 rings (SSSR count). The second-order valence-corrected chi connectivity index (χ2v) is 7.54. The first-order valence-corrected chi connectivity index (χ1v) is 10.8. The average Bonchev–Trinajstić information content (AvgIpc) is 2.78. The fourth-order valence-corrected chi connectivity index (χ4v) is 3.37. The first kappa shape index (κ1) is 23.6. The lowest BCUT2D eigenvalue weighted by molar-refractivity contribution is 0.325. The Hall–Kier alpha value is -2.70. The molecule has 0 bridgehead atoms. The van der Waals surface area contributed by atoms with Gasteiger partial charge in [-0.05, 0) is 35.6 Å². The molecule has 2 aromatic carbocycles. The van der Waals surface area contributed by atoms with E-state index in [2.05, 4.69) is 57.9 Å². The molecule has 0 saturated carbocycles. The fraction of sp³-hybridized carbons (Fsp3) is 0.250. The maximum Gasteiger partial charge on any atom is 0.169 e. The molecule has 30 heavy (non-hydrogen) atoms. The zero-order chi connectivity index (χ0) is 21.6. The minimum Gasteiger partial charge on any atom is -0.359 e. The Morgan fingerprint density at radius 1 is 0.700 bits per heavy atom. The summed E-state index contributed by atoms with van der Waals surface area (Å²) >= 11 is 11.3. The molecule has 6 heteroatoms. The van der Waals surface area contributed by atoms with Crippen LogP contribution in [0.2, 0.25) is 0 Å². The van der Waals surface area contributed by atoms with E-state index >= 15 is 0 Å². The van der Waals surface area contributed by atoms with Gasteiger partial charge in [-0.1, -0.05) is 72.8 Å². The van der Waals surface area contributed by atoms with Crippen LogP contribution < -0.4 is 10.6 Å². The quantitative estimate of drug-likeness (QED) is 0.406. The highest BCUT2D eigenvalue weighted by Crippen LogP contribution is 2.08. The lowest BCUT2D eigenvalue weighted by Gasteiger charge is -2.31. The fourth-order valence-electron chi connectivity index (χ4n) is 2.90. The van der Waals surface area contributed by atoms with E-state index in [1.807, 2.05) is 48.6 Å². The molecule has 0 atom stereocenters. The molecule has 2 aromatic rings. The number of rotatable bonds is 11. The van der Waals surface area contributed by atoms with E-state index in [4.69, 9.17) is 24.4 Å². The van der Waals surface area contributed by atoms with Crippen molar-refractivity contribution in [2.24, 2.45) is 0 Å². The average molecular weight is 439 g/mol. The van der Waals surface area contributed by atoms with Crippen LogP contribution in [0.1, 0.15) is 11.1 Å². The summed E-state index contributed by atoms with van der Waals surface area (Å²) in [6.45, 7) is 11.7. The van der Waals surface area contributed by atoms with E-state index in [0.717, 1.165) is 26.2 Å². The van der Waals surface area contributed by atoms with Gasteiger partial charge in [0.2, 0.25) is 0 Å². The van der Waals surface area contributed by atoms with Crippen molar-refractivity contribution < 1.29 is 0 Å². The third-order valence-corrected chi connectivity index (χ3v) is 5.25. The second-order valence-electron chi connectivity index (χ2n) is 6.76. The summed E-state index contributed by atoms with van der Waals surface area (Å²) in [5.41, 5.74) is 2.42. The number of hydrogen-bond donors (Lipinski definition) is 2. The number of nitrogens with one attached hydrogen (secondary N) is 2. The Morgan fingerprint density at radius 3 is 1.40 bits per heavy atom. The van der Waals surface area contributed by atoms with Crippen LogP contribution in [-0.2, 0) is 13.1 Å². The molecule has 0 spiro atoms. The molecule has 0 aliphatic heterocycles. The summed E-state index contributed by atoms with van der Waals surface area (Å²) in [4.78, 5) is 4.34. The number of nitrogens with zero attached hydrogens (tertiary/aromatic N) is 2. The molecule has 0 amide bonds. The van der Waals surface area contributed by atoms with Crippen molar-refractivity contribution in [2.45, 2.75) is 13.1 Å². The van der Waals surface area contributed by atoms with Crippen LogP contribution in [0.3, 0.4) is 0 Å². The van der Waals surface area contributed by atoms with Gasteiger partial charge in [0.25, 0.3) is 0 Å². The summed E-state index contributed by atoms with van der Waals surface area (Å²) in [5.74, 6) is 0. The number of hydrogen-bond acceptors (Lipinski definition) is 2. The standard InChI is InChI=1S/C24H30N4S2/c1-3-15-25-23(29)27(19-21-11-7-5-8-12-21)17-18-28(24(30)26-16-4-2)20-22-13-9-6-10-14-22/h3-14H,1-2,15-20H2,(H,25,29)(H,26,30). The van der Waals surface area contributed by atoms with Gasteiger partial charge in [0.15, 0.2) is 10.2 Å². The molecule has 0 fully saturated rings. The lowest BCUT2D eigenvalue weighted by Crippen LogP contribution is -2.46. The molecule has 158 valence electrons. The number of benzene rings is 2. The summed E-state index contributed by atoms with van der Waals surface area (Å²) < 4.78 is 0. The summed E-state index contributed by atoms with van der Waals surface area (Å²) in [5, 5.41) is 7.92.